The van der Waals surface area contributed by atoms with Crippen LogP contribution in [0.2, 0.25) is 0 Å². The molecule has 5 heteroatoms. The van der Waals surface area contributed by atoms with Gasteiger partial charge in [-0.05, 0) is 17.5 Å². The third-order valence-corrected chi connectivity index (χ3v) is 3.70. The standard InChI is InChI=1S/C13H14F2N2O/c14-13(15)4-8(5-13)6-17-7-9-2-1-3-10(16)11(9)12(17)18/h1-3,8H,4-7,16H2. The SMILES string of the molecule is Nc1cccc2c1C(=O)N(CC1CC(F)(F)C1)C2. The van der Waals surface area contributed by atoms with Gasteiger partial charge in [-0.2, -0.15) is 0 Å². The Balaban J connectivity index is 1.72. The summed E-state index contributed by atoms with van der Waals surface area (Å²) in [4.78, 5) is 13.7. The van der Waals surface area contributed by atoms with E-state index in [-0.39, 0.29) is 24.7 Å². The second-order valence-corrected chi connectivity index (χ2v) is 5.20. The van der Waals surface area contributed by atoms with Crippen LogP contribution in [0.4, 0.5) is 14.5 Å². The molecule has 1 amide bonds. The molecule has 2 N–H and O–H groups in total. The van der Waals surface area contributed by atoms with Crippen LogP contribution in [0.1, 0.15) is 28.8 Å². The van der Waals surface area contributed by atoms with Gasteiger partial charge in [-0.3, -0.25) is 4.79 Å². The summed E-state index contributed by atoms with van der Waals surface area (Å²) in [6.45, 7) is 0.893. The first-order valence-corrected chi connectivity index (χ1v) is 6.01. The molecule has 1 aliphatic carbocycles. The molecule has 2 aliphatic rings. The van der Waals surface area contributed by atoms with Crippen LogP contribution in [0.3, 0.4) is 0 Å². The predicted molar refractivity (Wildman–Crippen MR) is 63.3 cm³/mol. The lowest BCUT2D eigenvalue weighted by Gasteiger charge is -2.37. The van der Waals surface area contributed by atoms with E-state index in [1.54, 1.807) is 11.0 Å². The van der Waals surface area contributed by atoms with Crippen LogP contribution in [0.5, 0.6) is 0 Å². The normalized spacial score (nSPS) is 21.9. The van der Waals surface area contributed by atoms with Gasteiger partial charge in [0.25, 0.3) is 5.91 Å². The van der Waals surface area contributed by atoms with Crippen LogP contribution in [0.15, 0.2) is 18.2 Å². The van der Waals surface area contributed by atoms with Crippen molar-refractivity contribution >= 4 is 11.6 Å². The number of halogens is 2. The van der Waals surface area contributed by atoms with Gasteiger partial charge in [-0.25, -0.2) is 8.78 Å². The van der Waals surface area contributed by atoms with Crippen molar-refractivity contribution in [1.29, 1.82) is 0 Å². The Kier molecular flexibility index (Phi) is 2.33. The number of benzene rings is 1. The summed E-state index contributed by atoms with van der Waals surface area (Å²) in [7, 11) is 0. The van der Waals surface area contributed by atoms with E-state index in [1.165, 1.54) is 0 Å². The molecule has 0 saturated heterocycles. The fraction of sp³-hybridized carbons (Fsp3) is 0.462. The highest BCUT2D eigenvalue weighted by atomic mass is 19.3. The van der Waals surface area contributed by atoms with E-state index in [0.717, 1.165) is 5.56 Å². The summed E-state index contributed by atoms with van der Waals surface area (Å²) in [5.74, 6) is -2.74. The predicted octanol–water partition coefficient (Wildman–Crippen LogP) is 2.27. The lowest BCUT2D eigenvalue weighted by atomic mass is 9.81. The number of amides is 1. The molecule has 0 radical (unpaired) electrons. The van der Waals surface area contributed by atoms with Crippen molar-refractivity contribution in [1.82, 2.24) is 4.90 Å². The van der Waals surface area contributed by atoms with Crippen molar-refractivity contribution < 1.29 is 13.6 Å². The summed E-state index contributed by atoms with van der Waals surface area (Å²) in [6.07, 6.45) is -0.217. The van der Waals surface area contributed by atoms with Gasteiger partial charge in [0.05, 0.1) is 5.56 Å². The Labute approximate surface area is 104 Å². The Morgan fingerprint density at radius 3 is 2.72 bits per heavy atom. The maximum absolute atomic E-state index is 12.8. The van der Waals surface area contributed by atoms with Gasteiger partial charge in [-0.15, -0.1) is 0 Å². The lowest BCUT2D eigenvalue weighted by Crippen LogP contribution is -2.42. The van der Waals surface area contributed by atoms with E-state index in [0.29, 0.717) is 24.3 Å². The van der Waals surface area contributed by atoms with Crippen molar-refractivity contribution in [2.45, 2.75) is 25.3 Å². The van der Waals surface area contributed by atoms with Gasteiger partial charge in [0.1, 0.15) is 0 Å². The maximum Gasteiger partial charge on any atom is 0.256 e. The number of fused-ring (bicyclic) bond motifs is 1. The fourth-order valence-corrected chi connectivity index (χ4v) is 2.82. The quantitative estimate of drug-likeness (QED) is 0.821. The molecular formula is C13H14F2N2O. The molecule has 1 saturated carbocycles. The van der Waals surface area contributed by atoms with Gasteiger partial charge >= 0.3 is 0 Å². The second kappa shape index (κ2) is 3.67. The summed E-state index contributed by atoms with van der Waals surface area (Å²) in [5.41, 5.74) is 7.69. The third-order valence-electron chi connectivity index (χ3n) is 3.70. The summed E-state index contributed by atoms with van der Waals surface area (Å²) >= 11 is 0. The first-order valence-electron chi connectivity index (χ1n) is 6.01. The molecule has 1 aromatic rings. The monoisotopic (exact) mass is 252 g/mol. The summed E-state index contributed by atoms with van der Waals surface area (Å²) in [5, 5.41) is 0. The number of carbonyl (C=O) groups is 1. The molecule has 0 unspecified atom stereocenters. The van der Waals surface area contributed by atoms with E-state index in [4.69, 9.17) is 5.73 Å². The lowest BCUT2D eigenvalue weighted by molar-refractivity contribution is -0.114. The number of alkyl halides is 2. The number of hydrogen-bond acceptors (Lipinski definition) is 2. The minimum Gasteiger partial charge on any atom is -0.398 e. The Morgan fingerprint density at radius 1 is 1.39 bits per heavy atom. The molecule has 1 fully saturated rings. The largest absolute Gasteiger partial charge is 0.398 e. The van der Waals surface area contributed by atoms with Gasteiger partial charge in [-0.1, -0.05) is 12.1 Å². The van der Waals surface area contributed by atoms with Crippen LogP contribution in [0.25, 0.3) is 0 Å². The van der Waals surface area contributed by atoms with Gasteiger partial charge < -0.3 is 10.6 Å². The second-order valence-electron chi connectivity index (χ2n) is 5.20. The molecule has 3 nitrogen and oxygen atoms in total. The average Bonchev–Trinajstić information content (AvgIpc) is 2.55. The Morgan fingerprint density at radius 2 is 2.11 bits per heavy atom. The van der Waals surface area contributed by atoms with Crippen LogP contribution in [-0.4, -0.2) is 23.3 Å². The highest BCUT2D eigenvalue weighted by Crippen LogP contribution is 2.43. The molecule has 0 bridgehead atoms. The van der Waals surface area contributed by atoms with Crippen molar-refractivity contribution in [3.63, 3.8) is 0 Å². The smallest absolute Gasteiger partial charge is 0.256 e. The molecule has 0 atom stereocenters. The minimum absolute atomic E-state index is 0.0838. The molecular weight excluding hydrogens is 238 g/mol. The van der Waals surface area contributed by atoms with Gasteiger partial charge in [0.15, 0.2) is 0 Å². The summed E-state index contributed by atoms with van der Waals surface area (Å²) < 4.78 is 25.5. The van der Waals surface area contributed by atoms with E-state index in [2.05, 4.69) is 0 Å². The van der Waals surface area contributed by atoms with Crippen molar-refractivity contribution in [3.8, 4) is 0 Å². The first-order chi connectivity index (χ1) is 8.46. The molecule has 0 aromatic heterocycles. The number of carbonyl (C=O) groups excluding carboxylic acids is 1. The van der Waals surface area contributed by atoms with Gasteiger partial charge in [0, 0.05) is 31.6 Å². The Bertz CT molecular complexity index is 508. The number of hydrogen-bond donors (Lipinski definition) is 1. The molecule has 1 aliphatic heterocycles. The zero-order chi connectivity index (χ0) is 12.9. The number of nitrogen functional groups attached to an aromatic ring is 1. The Hall–Kier alpha value is -1.65. The topological polar surface area (TPSA) is 46.3 Å². The fourth-order valence-electron chi connectivity index (χ4n) is 2.82. The van der Waals surface area contributed by atoms with E-state index in [9.17, 15) is 13.6 Å². The highest BCUT2D eigenvalue weighted by Gasteiger charge is 2.46. The van der Waals surface area contributed by atoms with Crippen molar-refractivity contribution in [2.24, 2.45) is 5.92 Å². The average molecular weight is 252 g/mol. The number of nitrogens with zero attached hydrogens (tertiary/aromatic N) is 1. The number of anilines is 1. The zero-order valence-corrected chi connectivity index (χ0v) is 9.83. The van der Waals surface area contributed by atoms with E-state index >= 15 is 0 Å². The summed E-state index contributed by atoms with van der Waals surface area (Å²) in [6, 6.07) is 5.36. The van der Waals surface area contributed by atoms with Crippen LogP contribution >= 0.6 is 0 Å². The van der Waals surface area contributed by atoms with Crippen molar-refractivity contribution in [3.05, 3.63) is 29.3 Å². The third kappa shape index (κ3) is 1.74. The number of rotatable bonds is 2. The van der Waals surface area contributed by atoms with Crippen LogP contribution < -0.4 is 5.73 Å². The van der Waals surface area contributed by atoms with Crippen LogP contribution in [0, 0.1) is 5.92 Å². The number of nitrogens with two attached hydrogens (primary N) is 1. The molecule has 18 heavy (non-hydrogen) atoms. The molecule has 1 heterocycles. The van der Waals surface area contributed by atoms with Crippen molar-refractivity contribution in [2.75, 3.05) is 12.3 Å². The maximum atomic E-state index is 12.8. The molecule has 0 spiro atoms. The zero-order valence-electron chi connectivity index (χ0n) is 9.83. The van der Waals surface area contributed by atoms with E-state index in [1.807, 2.05) is 12.1 Å². The molecule has 1 aromatic carbocycles. The molecule has 96 valence electrons. The highest BCUT2D eigenvalue weighted by molar-refractivity contribution is 6.03. The van der Waals surface area contributed by atoms with Gasteiger partial charge in [0.2, 0.25) is 5.92 Å². The minimum atomic E-state index is -2.53. The first kappa shape index (κ1) is 11.4. The molecule has 3 rings (SSSR count). The van der Waals surface area contributed by atoms with Crippen LogP contribution in [-0.2, 0) is 6.54 Å². The van der Waals surface area contributed by atoms with E-state index < -0.39 is 5.92 Å².